The number of carbonyl (C=O) groups excluding carboxylic acids is 1. The lowest BCUT2D eigenvalue weighted by atomic mass is 10.3. The van der Waals surface area contributed by atoms with Crippen LogP contribution in [0.25, 0.3) is 0 Å². The van der Waals surface area contributed by atoms with Crippen LogP contribution in [0.3, 0.4) is 0 Å². The van der Waals surface area contributed by atoms with Gasteiger partial charge in [0.05, 0.1) is 7.11 Å². The molecule has 0 aliphatic rings. The average Bonchev–Trinajstić information content (AvgIpc) is 2.18. The van der Waals surface area contributed by atoms with Gasteiger partial charge in [0, 0.05) is 0 Å². The summed E-state index contributed by atoms with van der Waals surface area (Å²) in [4.78, 5) is 10.5. The summed E-state index contributed by atoms with van der Waals surface area (Å²) in [5.41, 5.74) is 0. The summed E-state index contributed by atoms with van der Waals surface area (Å²) in [6.07, 6.45) is 0.975. The van der Waals surface area contributed by atoms with Gasteiger partial charge < -0.3 is 19.4 Å². The SMILES string of the molecule is CO/C=C(/Oc1ccccc1)C(=O)[O-]. The largest absolute Gasteiger partial charge is 0.541 e. The zero-order valence-corrected chi connectivity index (χ0v) is 7.60. The molecule has 4 heteroatoms. The van der Waals surface area contributed by atoms with Crippen LogP contribution < -0.4 is 9.84 Å². The third-order valence-corrected chi connectivity index (χ3v) is 1.40. The number of methoxy groups -OCH3 is 1. The lowest BCUT2D eigenvalue weighted by Crippen LogP contribution is -2.27. The second-order valence-corrected chi connectivity index (χ2v) is 2.42. The van der Waals surface area contributed by atoms with E-state index in [1.807, 2.05) is 0 Å². The van der Waals surface area contributed by atoms with Crippen molar-refractivity contribution >= 4 is 5.97 Å². The summed E-state index contributed by atoms with van der Waals surface area (Å²) in [5.74, 6) is -1.37. The first-order valence-corrected chi connectivity index (χ1v) is 3.91. The molecule has 0 aliphatic heterocycles. The van der Waals surface area contributed by atoms with E-state index < -0.39 is 5.97 Å². The lowest BCUT2D eigenvalue weighted by molar-refractivity contribution is -0.302. The fourth-order valence-electron chi connectivity index (χ4n) is 0.836. The van der Waals surface area contributed by atoms with E-state index >= 15 is 0 Å². The van der Waals surface area contributed by atoms with Crippen molar-refractivity contribution in [1.82, 2.24) is 0 Å². The third kappa shape index (κ3) is 2.82. The zero-order chi connectivity index (χ0) is 10.4. The van der Waals surface area contributed by atoms with Gasteiger partial charge in [-0.25, -0.2) is 0 Å². The first kappa shape index (κ1) is 10.1. The lowest BCUT2D eigenvalue weighted by Gasteiger charge is -2.09. The molecule has 0 radical (unpaired) electrons. The zero-order valence-electron chi connectivity index (χ0n) is 7.60. The summed E-state index contributed by atoms with van der Waals surface area (Å²) in [5, 5.41) is 10.5. The Morgan fingerprint density at radius 3 is 2.50 bits per heavy atom. The molecular formula is C10H9O4-. The summed E-state index contributed by atoms with van der Waals surface area (Å²) in [7, 11) is 1.33. The minimum atomic E-state index is -1.42. The van der Waals surface area contributed by atoms with E-state index in [4.69, 9.17) is 4.74 Å². The molecule has 0 bridgehead atoms. The quantitative estimate of drug-likeness (QED) is 0.510. The van der Waals surface area contributed by atoms with Crippen LogP contribution in [-0.4, -0.2) is 13.1 Å². The number of carbonyl (C=O) groups is 1. The highest BCUT2D eigenvalue weighted by Crippen LogP contribution is 2.12. The van der Waals surface area contributed by atoms with Gasteiger partial charge in [0.2, 0.25) is 0 Å². The van der Waals surface area contributed by atoms with Crippen molar-refractivity contribution < 1.29 is 19.4 Å². The molecule has 1 rings (SSSR count). The van der Waals surface area contributed by atoms with Crippen molar-refractivity contribution in [3.63, 3.8) is 0 Å². The number of aliphatic carboxylic acids is 1. The number of hydrogen-bond acceptors (Lipinski definition) is 4. The predicted molar refractivity (Wildman–Crippen MR) is 47.2 cm³/mol. The van der Waals surface area contributed by atoms with Crippen LogP contribution in [0.1, 0.15) is 0 Å². The summed E-state index contributed by atoms with van der Waals surface area (Å²) < 4.78 is 9.52. The highest BCUT2D eigenvalue weighted by molar-refractivity contribution is 5.82. The molecule has 0 saturated carbocycles. The molecule has 0 unspecified atom stereocenters. The normalized spacial score (nSPS) is 10.8. The van der Waals surface area contributed by atoms with E-state index in [1.54, 1.807) is 30.3 Å². The van der Waals surface area contributed by atoms with E-state index in [1.165, 1.54) is 7.11 Å². The minimum Gasteiger partial charge on any atom is -0.541 e. The van der Waals surface area contributed by atoms with Crippen LogP contribution in [0.4, 0.5) is 0 Å². The van der Waals surface area contributed by atoms with Gasteiger partial charge in [-0.3, -0.25) is 0 Å². The number of ether oxygens (including phenoxy) is 2. The van der Waals surface area contributed by atoms with E-state index in [2.05, 4.69) is 4.74 Å². The maximum Gasteiger partial charge on any atom is 0.184 e. The number of hydrogen-bond donors (Lipinski definition) is 0. The van der Waals surface area contributed by atoms with Crippen molar-refractivity contribution in [1.29, 1.82) is 0 Å². The molecular weight excluding hydrogens is 184 g/mol. The Hall–Kier alpha value is -1.97. The smallest absolute Gasteiger partial charge is 0.184 e. The van der Waals surface area contributed by atoms with Gasteiger partial charge in [-0.15, -0.1) is 0 Å². The molecule has 1 aromatic carbocycles. The van der Waals surface area contributed by atoms with Crippen LogP contribution in [-0.2, 0) is 9.53 Å². The first-order chi connectivity index (χ1) is 6.74. The second kappa shape index (κ2) is 4.91. The third-order valence-electron chi connectivity index (χ3n) is 1.40. The number of benzene rings is 1. The van der Waals surface area contributed by atoms with Gasteiger partial charge in [-0.05, 0) is 12.1 Å². The molecule has 0 aliphatic carbocycles. The molecule has 4 nitrogen and oxygen atoms in total. The number of carboxylic acids is 1. The number of rotatable bonds is 4. The van der Waals surface area contributed by atoms with Gasteiger partial charge >= 0.3 is 0 Å². The summed E-state index contributed by atoms with van der Waals surface area (Å²) in [6, 6.07) is 8.52. The van der Waals surface area contributed by atoms with Crippen molar-refractivity contribution in [2.24, 2.45) is 0 Å². The van der Waals surface area contributed by atoms with Crippen LogP contribution in [0.2, 0.25) is 0 Å². The van der Waals surface area contributed by atoms with E-state index in [0.717, 1.165) is 6.26 Å². The molecule has 0 spiro atoms. The molecule has 0 saturated heterocycles. The summed E-state index contributed by atoms with van der Waals surface area (Å²) >= 11 is 0. The first-order valence-electron chi connectivity index (χ1n) is 3.91. The molecule has 0 heterocycles. The van der Waals surface area contributed by atoms with Crippen molar-refractivity contribution in [3.05, 3.63) is 42.4 Å². The van der Waals surface area contributed by atoms with Gasteiger partial charge in [0.1, 0.15) is 18.0 Å². The van der Waals surface area contributed by atoms with Gasteiger partial charge in [-0.1, -0.05) is 18.2 Å². The molecule has 0 aromatic heterocycles. The molecule has 1 aromatic rings. The standard InChI is InChI=1S/C10H10O4/c1-13-7-9(10(11)12)14-8-5-3-2-4-6-8/h2-7H,1H3,(H,11,12)/p-1/b9-7+. The topological polar surface area (TPSA) is 58.6 Å². The van der Waals surface area contributed by atoms with Crippen molar-refractivity contribution in [2.75, 3.05) is 7.11 Å². The molecule has 0 N–H and O–H groups in total. The summed E-state index contributed by atoms with van der Waals surface area (Å²) in [6.45, 7) is 0. The van der Waals surface area contributed by atoms with Gasteiger partial charge in [0.25, 0.3) is 0 Å². The molecule has 74 valence electrons. The monoisotopic (exact) mass is 193 g/mol. The number of para-hydroxylation sites is 1. The van der Waals surface area contributed by atoms with E-state index in [9.17, 15) is 9.90 Å². The molecule has 14 heavy (non-hydrogen) atoms. The number of carboxylic acid groups (broad SMARTS) is 1. The Kier molecular flexibility index (Phi) is 3.55. The Bertz CT molecular complexity index is 329. The van der Waals surface area contributed by atoms with Gasteiger partial charge in [0.15, 0.2) is 5.76 Å². The van der Waals surface area contributed by atoms with Crippen LogP contribution in [0, 0.1) is 0 Å². The fourth-order valence-corrected chi connectivity index (χ4v) is 0.836. The van der Waals surface area contributed by atoms with E-state index in [0.29, 0.717) is 5.75 Å². The van der Waals surface area contributed by atoms with Crippen molar-refractivity contribution in [3.8, 4) is 5.75 Å². The Morgan fingerprint density at radius 1 is 1.36 bits per heavy atom. The van der Waals surface area contributed by atoms with Crippen LogP contribution in [0.15, 0.2) is 42.4 Å². The maximum absolute atomic E-state index is 10.5. The molecule has 0 fully saturated rings. The highest BCUT2D eigenvalue weighted by atomic mass is 16.5. The Morgan fingerprint density at radius 2 is 2.00 bits per heavy atom. The maximum atomic E-state index is 10.5. The predicted octanol–water partition coefficient (Wildman–Crippen LogP) is 0.303. The second-order valence-electron chi connectivity index (χ2n) is 2.42. The molecule has 0 atom stereocenters. The minimum absolute atomic E-state index is 0.362. The molecule has 0 amide bonds. The van der Waals surface area contributed by atoms with Crippen LogP contribution >= 0.6 is 0 Å². The Balaban J connectivity index is 2.76. The average molecular weight is 193 g/mol. The van der Waals surface area contributed by atoms with Gasteiger partial charge in [-0.2, -0.15) is 0 Å². The van der Waals surface area contributed by atoms with Crippen molar-refractivity contribution in [2.45, 2.75) is 0 Å². The highest BCUT2D eigenvalue weighted by Gasteiger charge is 2.01. The fraction of sp³-hybridized carbons (Fsp3) is 0.100. The Labute approximate surface area is 81.4 Å². The van der Waals surface area contributed by atoms with Crippen LogP contribution in [0.5, 0.6) is 5.75 Å². The van der Waals surface area contributed by atoms with E-state index in [-0.39, 0.29) is 5.76 Å².